The van der Waals surface area contributed by atoms with Crippen molar-refractivity contribution in [3.63, 3.8) is 0 Å². The Morgan fingerprint density at radius 3 is 2.59 bits per heavy atom. The molecule has 0 spiro atoms. The van der Waals surface area contributed by atoms with E-state index in [2.05, 4.69) is 39.5 Å². The molecule has 1 aliphatic carbocycles. The van der Waals surface area contributed by atoms with Gasteiger partial charge in [-0.15, -0.1) is 0 Å². The van der Waals surface area contributed by atoms with Gasteiger partial charge in [0, 0.05) is 12.5 Å². The molecule has 2 fully saturated rings. The maximum Gasteiger partial charge on any atom is 0.126 e. The van der Waals surface area contributed by atoms with Gasteiger partial charge >= 0.3 is 0 Å². The van der Waals surface area contributed by atoms with E-state index in [0.717, 1.165) is 18.4 Å². The van der Waals surface area contributed by atoms with Crippen LogP contribution in [-0.2, 0) is 9.47 Å². The van der Waals surface area contributed by atoms with Crippen molar-refractivity contribution >= 4 is 0 Å². The standard InChI is InChI=1S/C15H24O2/c1-11(2)7-10-15-13(3,4)9-8-12(16-6)14(15,5)17-15/h7,10,12H,1,8-9H2,2-6H3/b10-7+/t12-,14-,15+/m1/s1. The lowest BCUT2D eigenvalue weighted by atomic mass is 9.63. The van der Waals surface area contributed by atoms with Crippen molar-refractivity contribution in [3.8, 4) is 0 Å². The average Bonchev–Trinajstić information content (AvgIpc) is 2.85. The van der Waals surface area contributed by atoms with E-state index in [0.29, 0.717) is 0 Å². The first-order valence-corrected chi connectivity index (χ1v) is 6.37. The Kier molecular flexibility index (Phi) is 2.79. The first kappa shape index (κ1) is 12.8. The van der Waals surface area contributed by atoms with E-state index in [4.69, 9.17) is 9.47 Å². The summed E-state index contributed by atoms with van der Waals surface area (Å²) in [4.78, 5) is 0. The maximum absolute atomic E-state index is 6.17. The summed E-state index contributed by atoms with van der Waals surface area (Å²) in [6.07, 6.45) is 6.67. The molecule has 1 aliphatic heterocycles. The SMILES string of the molecule is C=C(C)/C=C/[C@@]12O[C@]1(C)[C@H](OC)CCC2(C)C. The van der Waals surface area contributed by atoms with Crippen LogP contribution in [0.4, 0.5) is 0 Å². The van der Waals surface area contributed by atoms with Gasteiger partial charge in [0.1, 0.15) is 11.2 Å². The molecule has 0 unspecified atom stereocenters. The molecule has 0 bridgehead atoms. The van der Waals surface area contributed by atoms with E-state index in [1.54, 1.807) is 7.11 Å². The van der Waals surface area contributed by atoms with Crippen LogP contribution in [0.25, 0.3) is 0 Å². The van der Waals surface area contributed by atoms with Gasteiger partial charge < -0.3 is 9.47 Å². The van der Waals surface area contributed by atoms with Crippen LogP contribution in [0.15, 0.2) is 24.3 Å². The zero-order chi connectivity index (χ0) is 12.9. The minimum Gasteiger partial charge on any atom is -0.378 e. The molecule has 2 heteroatoms. The Balaban J connectivity index is 2.34. The predicted molar refractivity (Wildman–Crippen MR) is 70.0 cm³/mol. The van der Waals surface area contributed by atoms with Crippen LogP contribution < -0.4 is 0 Å². The zero-order valence-corrected chi connectivity index (χ0v) is 11.7. The van der Waals surface area contributed by atoms with Gasteiger partial charge in [0.15, 0.2) is 0 Å². The number of hydrogen-bond donors (Lipinski definition) is 0. The van der Waals surface area contributed by atoms with Crippen molar-refractivity contribution in [3.05, 3.63) is 24.3 Å². The van der Waals surface area contributed by atoms with Crippen LogP contribution in [0, 0.1) is 5.41 Å². The molecule has 0 N–H and O–H groups in total. The topological polar surface area (TPSA) is 21.8 Å². The minimum atomic E-state index is -0.183. The Hall–Kier alpha value is -0.600. The first-order chi connectivity index (χ1) is 7.79. The summed E-state index contributed by atoms with van der Waals surface area (Å²) in [5.41, 5.74) is 0.864. The summed E-state index contributed by atoms with van der Waals surface area (Å²) in [6, 6.07) is 0. The fourth-order valence-corrected chi connectivity index (χ4v) is 3.40. The van der Waals surface area contributed by atoms with Crippen molar-refractivity contribution in [1.82, 2.24) is 0 Å². The number of methoxy groups -OCH3 is 1. The number of epoxide rings is 1. The second kappa shape index (κ2) is 3.69. The molecule has 3 atom stereocenters. The molecule has 0 aromatic heterocycles. The van der Waals surface area contributed by atoms with E-state index in [9.17, 15) is 0 Å². The van der Waals surface area contributed by atoms with Crippen LogP contribution in [0.1, 0.15) is 40.5 Å². The van der Waals surface area contributed by atoms with E-state index in [1.165, 1.54) is 0 Å². The summed E-state index contributed by atoms with van der Waals surface area (Å²) < 4.78 is 11.8. The normalized spacial score (nSPS) is 43.5. The molecule has 0 aromatic carbocycles. The monoisotopic (exact) mass is 236 g/mol. The fourth-order valence-electron chi connectivity index (χ4n) is 3.40. The van der Waals surface area contributed by atoms with Crippen molar-refractivity contribution in [1.29, 1.82) is 0 Å². The summed E-state index contributed by atoms with van der Waals surface area (Å²) in [5, 5.41) is 0. The number of hydrogen-bond acceptors (Lipinski definition) is 2. The van der Waals surface area contributed by atoms with E-state index < -0.39 is 0 Å². The van der Waals surface area contributed by atoms with Gasteiger partial charge in [0.05, 0.1) is 6.10 Å². The van der Waals surface area contributed by atoms with Crippen LogP contribution in [-0.4, -0.2) is 24.4 Å². The lowest BCUT2D eigenvalue weighted by Crippen LogP contribution is -2.48. The van der Waals surface area contributed by atoms with Gasteiger partial charge in [-0.2, -0.15) is 0 Å². The fraction of sp³-hybridized carbons (Fsp3) is 0.733. The van der Waals surface area contributed by atoms with E-state index in [1.807, 2.05) is 6.92 Å². The summed E-state index contributed by atoms with van der Waals surface area (Å²) in [6.45, 7) is 12.7. The van der Waals surface area contributed by atoms with Crippen molar-refractivity contribution in [2.24, 2.45) is 5.41 Å². The van der Waals surface area contributed by atoms with Crippen LogP contribution in [0.3, 0.4) is 0 Å². The molecule has 17 heavy (non-hydrogen) atoms. The summed E-state index contributed by atoms with van der Waals surface area (Å²) >= 11 is 0. The molecule has 2 nitrogen and oxygen atoms in total. The average molecular weight is 236 g/mol. The quantitative estimate of drug-likeness (QED) is 0.553. The molecule has 0 aromatic rings. The van der Waals surface area contributed by atoms with Crippen LogP contribution in [0.5, 0.6) is 0 Å². The number of allylic oxidation sites excluding steroid dienone is 2. The van der Waals surface area contributed by atoms with Crippen molar-refractivity contribution < 1.29 is 9.47 Å². The Labute approximate surface area is 105 Å². The third-order valence-electron chi connectivity index (χ3n) is 4.61. The predicted octanol–water partition coefficient (Wildman–Crippen LogP) is 3.48. The van der Waals surface area contributed by atoms with Gasteiger partial charge in [-0.1, -0.05) is 32.1 Å². The molecule has 1 saturated carbocycles. The summed E-state index contributed by atoms with van der Waals surface area (Å²) in [7, 11) is 1.78. The molecule has 96 valence electrons. The smallest absolute Gasteiger partial charge is 0.126 e. The molecule has 1 saturated heterocycles. The third-order valence-corrected chi connectivity index (χ3v) is 4.61. The lowest BCUT2D eigenvalue weighted by molar-refractivity contribution is 0.0122. The molecule has 2 aliphatic rings. The van der Waals surface area contributed by atoms with Gasteiger partial charge in [0.2, 0.25) is 0 Å². The third kappa shape index (κ3) is 1.61. The Morgan fingerprint density at radius 2 is 2.06 bits per heavy atom. The number of rotatable bonds is 3. The largest absolute Gasteiger partial charge is 0.378 e. The number of fused-ring (bicyclic) bond motifs is 1. The first-order valence-electron chi connectivity index (χ1n) is 6.37. The highest BCUT2D eigenvalue weighted by atomic mass is 16.7. The molecule has 1 heterocycles. The Morgan fingerprint density at radius 1 is 1.41 bits per heavy atom. The summed E-state index contributed by atoms with van der Waals surface area (Å²) in [5.74, 6) is 0. The Bertz CT molecular complexity index is 369. The van der Waals surface area contributed by atoms with Gasteiger partial charge in [-0.25, -0.2) is 0 Å². The van der Waals surface area contributed by atoms with Gasteiger partial charge in [0.25, 0.3) is 0 Å². The van der Waals surface area contributed by atoms with Crippen molar-refractivity contribution in [2.75, 3.05) is 7.11 Å². The molecule has 0 radical (unpaired) electrons. The zero-order valence-electron chi connectivity index (χ0n) is 11.7. The van der Waals surface area contributed by atoms with Crippen molar-refractivity contribution in [2.45, 2.75) is 57.8 Å². The van der Waals surface area contributed by atoms with E-state index in [-0.39, 0.29) is 22.7 Å². The van der Waals surface area contributed by atoms with E-state index >= 15 is 0 Å². The number of ether oxygens (including phenoxy) is 2. The van der Waals surface area contributed by atoms with Gasteiger partial charge in [-0.05, 0) is 32.8 Å². The maximum atomic E-state index is 6.17. The molecule has 2 rings (SSSR count). The van der Waals surface area contributed by atoms with Crippen LogP contribution in [0.2, 0.25) is 0 Å². The highest BCUT2D eigenvalue weighted by Gasteiger charge is 2.77. The minimum absolute atomic E-state index is 0.155. The lowest BCUT2D eigenvalue weighted by Gasteiger charge is -2.40. The second-order valence-electron chi connectivity index (χ2n) is 6.27. The highest BCUT2D eigenvalue weighted by Crippen LogP contribution is 2.66. The second-order valence-corrected chi connectivity index (χ2v) is 6.27. The highest BCUT2D eigenvalue weighted by molar-refractivity contribution is 5.35. The van der Waals surface area contributed by atoms with Gasteiger partial charge in [-0.3, -0.25) is 0 Å². The molecule has 0 amide bonds. The molecular weight excluding hydrogens is 212 g/mol. The van der Waals surface area contributed by atoms with Crippen LogP contribution >= 0.6 is 0 Å². The molecular formula is C15H24O2.